The largest absolute Gasteiger partial charge is 0.0882 e. The second-order valence-corrected chi connectivity index (χ2v) is 3.64. The molecule has 0 amide bonds. The average Bonchev–Trinajstić information content (AvgIpc) is 1.81. The van der Waals surface area contributed by atoms with E-state index in [0.717, 1.165) is 0 Å². The molecule has 1 rings (SSSR count). The van der Waals surface area contributed by atoms with Crippen molar-refractivity contribution in [3.05, 3.63) is 24.3 Å². The van der Waals surface area contributed by atoms with Crippen molar-refractivity contribution in [1.82, 2.24) is 0 Å². The maximum atomic E-state index is 2.33. The van der Waals surface area contributed by atoms with Gasteiger partial charge in [0.2, 0.25) is 0 Å². The van der Waals surface area contributed by atoms with E-state index in [-0.39, 0.29) is 0 Å². The lowest BCUT2D eigenvalue weighted by Crippen LogP contribution is -2.05. The molecule has 0 aromatic heterocycles. The van der Waals surface area contributed by atoms with Gasteiger partial charge in [-0.15, -0.1) is 0 Å². The molecule has 0 heterocycles. The van der Waals surface area contributed by atoms with Crippen LogP contribution in [0, 0.1) is 5.41 Å². The Morgan fingerprint density at radius 2 is 1.70 bits per heavy atom. The number of rotatable bonds is 0. The van der Waals surface area contributed by atoms with Crippen LogP contribution in [0.2, 0.25) is 0 Å². The summed E-state index contributed by atoms with van der Waals surface area (Å²) in [6.07, 6.45) is 12.8. The van der Waals surface area contributed by atoms with Crippen LogP contribution < -0.4 is 0 Å². The molecule has 0 aromatic carbocycles. The molecule has 56 valence electrons. The maximum Gasteiger partial charge on any atom is -0.0140 e. The minimum Gasteiger partial charge on any atom is -0.0882 e. The molecular weight excluding hydrogens is 120 g/mol. The summed E-state index contributed by atoms with van der Waals surface area (Å²) in [5.41, 5.74) is 0.386. The molecule has 0 saturated heterocycles. The SMILES string of the molecule is CC1(C)C=CCCC=CC1. The van der Waals surface area contributed by atoms with E-state index in [1.165, 1.54) is 19.3 Å². The van der Waals surface area contributed by atoms with Crippen molar-refractivity contribution < 1.29 is 0 Å². The minimum absolute atomic E-state index is 0.386. The van der Waals surface area contributed by atoms with Crippen LogP contribution in [0.5, 0.6) is 0 Å². The van der Waals surface area contributed by atoms with Gasteiger partial charge in [-0.05, 0) is 24.7 Å². The van der Waals surface area contributed by atoms with E-state index < -0.39 is 0 Å². The van der Waals surface area contributed by atoms with E-state index in [4.69, 9.17) is 0 Å². The Labute approximate surface area is 63.6 Å². The Bertz CT molecular complexity index is 149. The van der Waals surface area contributed by atoms with Crippen LogP contribution in [0.1, 0.15) is 33.1 Å². The topological polar surface area (TPSA) is 0 Å². The van der Waals surface area contributed by atoms with Gasteiger partial charge in [-0.1, -0.05) is 38.2 Å². The first-order chi connectivity index (χ1) is 4.71. The zero-order valence-corrected chi connectivity index (χ0v) is 6.93. The summed E-state index contributed by atoms with van der Waals surface area (Å²) in [5.74, 6) is 0. The second kappa shape index (κ2) is 3.05. The Hall–Kier alpha value is -0.520. The standard InChI is InChI=1S/C10H16/c1-10(2)8-6-4-3-5-7-9-10/h4,6-7,9H,3,5,8H2,1-2H3. The van der Waals surface area contributed by atoms with Crippen LogP contribution >= 0.6 is 0 Å². The van der Waals surface area contributed by atoms with Crippen molar-refractivity contribution in [2.45, 2.75) is 33.1 Å². The quantitative estimate of drug-likeness (QED) is 0.448. The van der Waals surface area contributed by atoms with Gasteiger partial charge in [-0.3, -0.25) is 0 Å². The minimum atomic E-state index is 0.386. The van der Waals surface area contributed by atoms with Gasteiger partial charge in [0.05, 0.1) is 0 Å². The third-order valence-corrected chi connectivity index (χ3v) is 1.88. The summed E-state index contributed by atoms with van der Waals surface area (Å²) in [5, 5.41) is 0. The van der Waals surface area contributed by atoms with Gasteiger partial charge < -0.3 is 0 Å². The van der Waals surface area contributed by atoms with E-state index >= 15 is 0 Å². The van der Waals surface area contributed by atoms with E-state index in [0.29, 0.717) is 5.41 Å². The van der Waals surface area contributed by atoms with Gasteiger partial charge in [0.25, 0.3) is 0 Å². The highest BCUT2D eigenvalue weighted by atomic mass is 14.2. The smallest absolute Gasteiger partial charge is 0.0140 e. The monoisotopic (exact) mass is 136 g/mol. The normalized spacial score (nSPS) is 23.8. The second-order valence-electron chi connectivity index (χ2n) is 3.64. The molecule has 0 fully saturated rings. The fourth-order valence-corrected chi connectivity index (χ4v) is 1.17. The predicted octanol–water partition coefficient (Wildman–Crippen LogP) is 3.31. The lowest BCUT2D eigenvalue weighted by Gasteiger charge is -2.18. The fraction of sp³-hybridized carbons (Fsp3) is 0.600. The molecule has 0 bridgehead atoms. The van der Waals surface area contributed by atoms with Crippen molar-refractivity contribution in [3.8, 4) is 0 Å². The number of hydrogen-bond acceptors (Lipinski definition) is 0. The zero-order chi connectivity index (χ0) is 7.45. The van der Waals surface area contributed by atoms with Crippen molar-refractivity contribution in [3.63, 3.8) is 0 Å². The number of hydrogen-bond donors (Lipinski definition) is 0. The molecule has 1 aliphatic rings. The molecule has 0 atom stereocenters. The Morgan fingerprint density at radius 3 is 2.50 bits per heavy atom. The highest BCUT2D eigenvalue weighted by Crippen LogP contribution is 2.24. The molecule has 10 heavy (non-hydrogen) atoms. The summed E-state index contributed by atoms with van der Waals surface area (Å²) in [7, 11) is 0. The summed E-state index contributed by atoms with van der Waals surface area (Å²) in [4.78, 5) is 0. The summed E-state index contributed by atoms with van der Waals surface area (Å²) in [6.45, 7) is 4.55. The Balaban J connectivity index is 2.58. The molecule has 1 aliphatic carbocycles. The van der Waals surface area contributed by atoms with Crippen molar-refractivity contribution >= 4 is 0 Å². The van der Waals surface area contributed by atoms with Gasteiger partial charge >= 0.3 is 0 Å². The van der Waals surface area contributed by atoms with Crippen LogP contribution in [0.3, 0.4) is 0 Å². The van der Waals surface area contributed by atoms with Crippen molar-refractivity contribution in [2.24, 2.45) is 5.41 Å². The summed E-state index contributed by atoms with van der Waals surface area (Å²) in [6, 6.07) is 0. The predicted molar refractivity (Wildman–Crippen MR) is 45.9 cm³/mol. The first-order valence-electron chi connectivity index (χ1n) is 4.03. The lowest BCUT2D eigenvalue weighted by molar-refractivity contribution is 0.484. The molecule has 0 N–H and O–H groups in total. The molecule has 0 unspecified atom stereocenters. The summed E-state index contributed by atoms with van der Waals surface area (Å²) < 4.78 is 0. The Kier molecular flexibility index (Phi) is 2.31. The molecular formula is C10H16. The third kappa shape index (κ3) is 2.38. The first-order valence-corrected chi connectivity index (χ1v) is 4.03. The molecule has 0 heteroatoms. The van der Waals surface area contributed by atoms with Crippen LogP contribution in [-0.4, -0.2) is 0 Å². The maximum absolute atomic E-state index is 2.33. The van der Waals surface area contributed by atoms with Gasteiger partial charge in [0.1, 0.15) is 0 Å². The number of allylic oxidation sites excluding steroid dienone is 4. The highest BCUT2D eigenvalue weighted by Gasteiger charge is 2.11. The van der Waals surface area contributed by atoms with E-state index in [9.17, 15) is 0 Å². The third-order valence-electron chi connectivity index (χ3n) is 1.88. The van der Waals surface area contributed by atoms with E-state index in [2.05, 4.69) is 38.2 Å². The molecule has 0 aliphatic heterocycles. The van der Waals surface area contributed by atoms with E-state index in [1.807, 2.05) is 0 Å². The molecule has 0 spiro atoms. The first kappa shape index (κ1) is 7.59. The van der Waals surface area contributed by atoms with E-state index in [1.54, 1.807) is 0 Å². The zero-order valence-electron chi connectivity index (χ0n) is 6.93. The molecule has 0 nitrogen and oxygen atoms in total. The van der Waals surface area contributed by atoms with Gasteiger partial charge in [0, 0.05) is 0 Å². The fourth-order valence-electron chi connectivity index (χ4n) is 1.17. The lowest BCUT2D eigenvalue weighted by atomic mass is 9.87. The van der Waals surface area contributed by atoms with Crippen LogP contribution in [0.25, 0.3) is 0 Å². The summed E-state index contributed by atoms with van der Waals surface area (Å²) >= 11 is 0. The van der Waals surface area contributed by atoms with Crippen LogP contribution in [-0.2, 0) is 0 Å². The molecule has 0 saturated carbocycles. The van der Waals surface area contributed by atoms with Crippen molar-refractivity contribution in [2.75, 3.05) is 0 Å². The van der Waals surface area contributed by atoms with Crippen molar-refractivity contribution in [1.29, 1.82) is 0 Å². The molecule has 0 aromatic rings. The van der Waals surface area contributed by atoms with Gasteiger partial charge in [-0.25, -0.2) is 0 Å². The average molecular weight is 136 g/mol. The highest BCUT2D eigenvalue weighted by molar-refractivity contribution is 5.02. The molecule has 0 radical (unpaired) electrons. The van der Waals surface area contributed by atoms with Crippen LogP contribution in [0.4, 0.5) is 0 Å². The van der Waals surface area contributed by atoms with Crippen LogP contribution in [0.15, 0.2) is 24.3 Å². The van der Waals surface area contributed by atoms with Gasteiger partial charge in [-0.2, -0.15) is 0 Å². The Morgan fingerprint density at radius 1 is 1.00 bits per heavy atom. The van der Waals surface area contributed by atoms with Gasteiger partial charge in [0.15, 0.2) is 0 Å².